The van der Waals surface area contributed by atoms with Crippen LogP contribution >= 0.6 is 23.2 Å². The van der Waals surface area contributed by atoms with Crippen molar-refractivity contribution in [3.05, 3.63) is 62.9 Å². The molecule has 2 fully saturated rings. The normalized spacial score (nSPS) is 18.2. The molecule has 0 amide bonds. The van der Waals surface area contributed by atoms with Crippen LogP contribution < -0.4 is 4.74 Å². The Morgan fingerprint density at radius 3 is 2.25 bits per heavy atom. The number of piperidine rings is 1. The quantitative estimate of drug-likeness (QED) is 0.320. The van der Waals surface area contributed by atoms with Crippen LogP contribution in [0.5, 0.6) is 5.75 Å². The van der Waals surface area contributed by atoms with Crippen molar-refractivity contribution in [3.63, 3.8) is 0 Å². The number of halogens is 3. The van der Waals surface area contributed by atoms with Gasteiger partial charge in [0.05, 0.1) is 30.9 Å². The molecule has 4 rings (SSSR count). The van der Waals surface area contributed by atoms with Crippen molar-refractivity contribution in [1.82, 2.24) is 4.90 Å². The van der Waals surface area contributed by atoms with Crippen LogP contribution in [0.4, 0.5) is 4.39 Å². The highest BCUT2D eigenvalue weighted by atomic mass is 35.5. The molecule has 1 saturated heterocycles. The maximum atomic E-state index is 14.6. The standard InChI is InChI=1S/C28H34Cl2FNO4/c1-28(2,35-4)26(19-11-20(29)13-21(30)12-19)32-9-7-17(8-10-32)16-36-25-15-24(31)23(27(33)34-3)14-22(25)18-5-6-18/h11-15,17-18,26H,5-10,16H2,1-4H3/t26-/m1/s1. The zero-order valence-corrected chi connectivity index (χ0v) is 22.8. The second kappa shape index (κ2) is 11.3. The lowest BCUT2D eigenvalue weighted by molar-refractivity contribution is -0.0644. The number of ether oxygens (including phenoxy) is 3. The molecule has 2 aliphatic rings. The van der Waals surface area contributed by atoms with Crippen LogP contribution in [0.15, 0.2) is 30.3 Å². The summed E-state index contributed by atoms with van der Waals surface area (Å²) in [5.74, 6) is -0.0842. The summed E-state index contributed by atoms with van der Waals surface area (Å²) in [7, 11) is 2.98. The fraction of sp³-hybridized carbons (Fsp3) is 0.536. The number of carbonyl (C=O) groups excluding carboxylic acids is 1. The van der Waals surface area contributed by atoms with E-state index in [2.05, 4.69) is 18.7 Å². The number of carbonyl (C=O) groups is 1. The number of hydrogen-bond donors (Lipinski definition) is 0. The van der Waals surface area contributed by atoms with Gasteiger partial charge in [-0.05, 0) is 99.8 Å². The summed E-state index contributed by atoms with van der Waals surface area (Å²) in [5, 5.41) is 1.21. The van der Waals surface area contributed by atoms with Crippen LogP contribution in [0.1, 0.15) is 73.0 Å². The van der Waals surface area contributed by atoms with Crippen molar-refractivity contribution in [1.29, 1.82) is 0 Å². The second-order valence-electron chi connectivity index (χ2n) is 10.3. The summed E-state index contributed by atoms with van der Waals surface area (Å²) in [6, 6.07) is 8.59. The van der Waals surface area contributed by atoms with Gasteiger partial charge in [-0.2, -0.15) is 0 Å². The first-order valence-corrected chi connectivity index (χ1v) is 13.2. The molecule has 8 heteroatoms. The molecule has 1 atom stereocenters. The zero-order chi connectivity index (χ0) is 26.0. The van der Waals surface area contributed by atoms with Gasteiger partial charge in [0.2, 0.25) is 0 Å². The van der Waals surface area contributed by atoms with E-state index >= 15 is 0 Å². The van der Waals surface area contributed by atoms with Gasteiger partial charge in [-0.15, -0.1) is 0 Å². The molecule has 0 radical (unpaired) electrons. The third-order valence-electron chi connectivity index (χ3n) is 7.40. The molecular formula is C28H34Cl2FNO4. The van der Waals surface area contributed by atoms with E-state index in [9.17, 15) is 9.18 Å². The van der Waals surface area contributed by atoms with Crippen LogP contribution in [0.25, 0.3) is 0 Å². The third kappa shape index (κ3) is 6.16. The second-order valence-corrected chi connectivity index (χ2v) is 11.2. The minimum Gasteiger partial charge on any atom is -0.493 e. The van der Waals surface area contributed by atoms with Gasteiger partial charge in [0.25, 0.3) is 0 Å². The summed E-state index contributed by atoms with van der Waals surface area (Å²) < 4.78 is 31.4. The van der Waals surface area contributed by atoms with E-state index < -0.39 is 17.4 Å². The maximum Gasteiger partial charge on any atom is 0.340 e. The van der Waals surface area contributed by atoms with Gasteiger partial charge in [-0.3, -0.25) is 4.90 Å². The van der Waals surface area contributed by atoms with Gasteiger partial charge in [0, 0.05) is 23.2 Å². The Hall–Kier alpha value is -1.86. The monoisotopic (exact) mass is 537 g/mol. The van der Waals surface area contributed by atoms with Crippen LogP contribution in [0.2, 0.25) is 10.0 Å². The highest BCUT2D eigenvalue weighted by Gasteiger charge is 2.38. The molecule has 1 saturated carbocycles. The smallest absolute Gasteiger partial charge is 0.340 e. The van der Waals surface area contributed by atoms with Crippen LogP contribution in [0.3, 0.4) is 0 Å². The SMILES string of the molecule is COC(=O)c1cc(C2CC2)c(OCC2CCN([C@H](c3cc(Cl)cc(Cl)c3)C(C)(C)OC)CC2)cc1F. The molecule has 1 aliphatic carbocycles. The minimum atomic E-state index is -0.664. The number of benzene rings is 2. The van der Waals surface area contributed by atoms with E-state index in [1.807, 2.05) is 12.1 Å². The highest BCUT2D eigenvalue weighted by Crippen LogP contribution is 2.45. The molecule has 0 N–H and O–H groups in total. The molecule has 0 aromatic heterocycles. The van der Waals surface area contributed by atoms with Gasteiger partial charge in [0.15, 0.2) is 0 Å². The Balaban J connectivity index is 1.44. The van der Waals surface area contributed by atoms with E-state index in [1.165, 1.54) is 13.2 Å². The van der Waals surface area contributed by atoms with Crippen LogP contribution in [-0.4, -0.2) is 50.4 Å². The largest absolute Gasteiger partial charge is 0.493 e. The van der Waals surface area contributed by atoms with E-state index in [0.29, 0.717) is 34.2 Å². The summed E-state index contributed by atoms with van der Waals surface area (Å²) in [4.78, 5) is 14.4. The van der Waals surface area contributed by atoms with Gasteiger partial charge < -0.3 is 14.2 Å². The van der Waals surface area contributed by atoms with Gasteiger partial charge in [-0.25, -0.2) is 9.18 Å². The Morgan fingerprint density at radius 1 is 1.06 bits per heavy atom. The minimum absolute atomic E-state index is 0.0120. The lowest BCUT2D eigenvalue weighted by Crippen LogP contribution is -2.47. The summed E-state index contributed by atoms with van der Waals surface area (Å²) in [6.45, 7) is 6.38. The molecule has 5 nitrogen and oxygen atoms in total. The lowest BCUT2D eigenvalue weighted by atomic mass is 9.87. The van der Waals surface area contributed by atoms with Crippen LogP contribution in [-0.2, 0) is 9.47 Å². The third-order valence-corrected chi connectivity index (χ3v) is 7.83. The van der Waals surface area contributed by atoms with Crippen molar-refractivity contribution < 1.29 is 23.4 Å². The number of likely N-dealkylation sites (tertiary alicyclic amines) is 1. The molecule has 196 valence electrons. The average molecular weight is 538 g/mol. The predicted octanol–water partition coefficient (Wildman–Crippen LogP) is 7.05. The molecule has 2 aromatic rings. The van der Waals surface area contributed by atoms with Gasteiger partial charge >= 0.3 is 5.97 Å². The van der Waals surface area contributed by atoms with Crippen LogP contribution in [0, 0.1) is 11.7 Å². The topological polar surface area (TPSA) is 48.0 Å². The van der Waals surface area contributed by atoms with Gasteiger partial charge in [-0.1, -0.05) is 23.2 Å². The van der Waals surface area contributed by atoms with E-state index in [1.54, 1.807) is 19.2 Å². The number of methoxy groups -OCH3 is 2. The molecular weight excluding hydrogens is 504 g/mol. The Labute approximate surface area is 222 Å². The molecule has 36 heavy (non-hydrogen) atoms. The molecule has 0 unspecified atom stereocenters. The lowest BCUT2D eigenvalue weighted by Gasteiger charge is -2.44. The molecule has 0 spiro atoms. The van der Waals surface area contributed by atoms with E-state index in [4.69, 9.17) is 37.4 Å². The van der Waals surface area contributed by atoms with Gasteiger partial charge in [0.1, 0.15) is 11.6 Å². The van der Waals surface area contributed by atoms with Crippen molar-refractivity contribution in [3.8, 4) is 5.75 Å². The van der Waals surface area contributed by atoms with Crippen molar-refractivity contribution in [2.24, 2.45) is 5.92 Å². The molecule has 2 aromatic carbocycles. The summed E-state index contributed by atoms with van der Waals surface area (Å²) in [6.07, 6.45) is 3.91. The summed E-state index contributed by atoms with van der Waals surface area (Å²) >= 11 is 12.6. The molecule has 1 aliphatic heterocycles. The average Bonchev–Trinajstić information content (AvgIpc) is 3.68. The van der Waals surface area contributed by atoms with Crippen molar-refractivity contribution in [2.45, 2.75) is 57.1 Å². The number of esters is 1. The van der Waals surface area contributed by atoms with E-state index in [0.717, 1.165) is 49.9 Å². The Morgan fingerprint density at radius 2 is 1.69 bits per heavy atom. The number of nitrogens with zero attached hydrogens (tertiary/aromatic N) is 1. The number of hydrogen-bond acceptors (Lipinski definition) is 5. The highest BCUT2D eigenvalue weighted by molar-refractivity contribution is 6.34. The Kier molecular flexibility index (Phi) is 8.50. The first-order chi connectivity index (χ1) is 17.1. The van der Waals surface area contributed by atoms with E-state index in [-0.39, 0.29) is 11.6 Å². The fourth-order valence-corrected chi connectivity index (χ4v) is 5.70. The first-order valence-electron chi connectivity index (χ1n) is 12.4. The molecule has 0 bridgehead atoms. The van der Waals surface area contributed by atoms with Crippen molar-refractivity contribution in [2.75, 3.05) is 33.9 Å². The molecule has 1 heterocycles. The predicted molar refractivity (Wildman–Crippen MR) is 140 cm³/mol. The fourth-order valence-electron chi connectivity index (χ4n) is 5.16. The van der Waals surface area contributed by atoms with Crippen molar-refractivity contribution >= 4 is 29.2 Å². The Bertz CT molecular complexity index is 1080. The zero-order valence-electron chi connectivity index (χ0n) is 21.3. The maximum absolute atomic E-state index is 14.6. The number of rotatable bonds is 9. The summed E-state index contributed by atoms with van der Waals surface area (Å²) in [5.41, 5.74) is 1.45. The first kappa shape index (κ1) is 27.2.